The lowest BCUT2D eigenvalue weighted by atomic mass is 10.2. The molecule has 9 heteroatoms. The van der Waals surface area contributed by atoms with Gasteiger partial charge in [0.2, 0.25) is 0 Å². The van der Waals surface area contributed by atoms with E-state index >= 15 is 0 Å². The number of carboxylic acids is 1. The van der Waals surface area contributed by atoms with Crippen molar-refractivity contribution in [1.82, 2.24) is 5.32 Å². The Hall–Kier alpha value is -1.00. The zero-order valence-corrected chi connectivity index (χ0v) is 15.6. The molecule has 0 aliphatic heterocycles. The van der Waals surface area contributed by atoms with E-state index in [1.54, 1.807) is 6.92 Å². The van der Waals surface area contributed by atoms with Gasteiger partial charge in [0.15, 0.2) is 0 Å². The van der Waals surface area contributed by atoms with Crippen LogP contribution in [0.4, 0.5) is 0 Å². The topological polar surface area (TPSA) is 103 Å². The Bertz CT molecular complexity index is 355. The number of esters is 1. The van der Waals surface area contributed by atoms with Gasteiger partial charge in [0.05, 0.1) is 12.5 Å². The van der Waals surface area contributed by atoms with Crippen molar-refractivity contribution < 1.29 is 32.7 Å². The second kappa shape index (κ2) is 11.5. The fraction of sp³-hybridized carbons (Fsp3) is 0.857. The quantitative estimate of drug-likeness (QED) is 0.288. The maximum Gasteiger partial charge on any atom is 0.500 e. The molecule has 0 aromatic rings. The standard InChI is InChI=1S/C14H29NO7Si/c1-6-11(2)22-14(18)12(10-13(16)17)15-8-7-9-23(19-3,20-4)21-5/h11-12,15H,6-10H2,1-5H3,(H,16,17). The van der Waals surface area contributed by atoms with E-state index in [0.717, 1.165) is 0 Å². The van der Waals surface area contributed by atoms with E-state index in [4.69, 9.17) is 23.1 Å². The Morgan fingerprint density at radius 3 is 2.17 bits per heavy atom. The lowest BCUT2D eigenvalue weighted by Gasteiger charge is -2.24. The Morgan fingerprint density at radius 2 is 1.74 bits per heavy atom. The van der Waals surface area contributed by atoms with Gasteiger partial charge >= 0.3 is 20.7 Å². The Kier molecular flexibility index (Phi) is 11.0. The number of hydrogen-bond acceptors (Lipinski definition) is 7. The molecule has 0 aliphatic rings. The average Bonchev–Trinajstić information content (AvgIpc) is 2.54. The summed E-state index contributed by atoms with van der Waals surface area (Å²) in [4.78, 5) is 22.9. The lowest BCUT2D eigenvalue weighted by molar-refractivity contribution is -0.154. The number of rotatable bonds is 13. The predicted octanol–water partition coefficient (Wildman–Crippen LogP) is 1.03. The molecule has 0 saturated carbocycles. The molecule has 0 amide bonds. The van der Waals surface area contributed by atoms with Gasteiger partial charge in [0.1, 0.15) is 6.04 Å². The van der Waals surface area contributed by atoms with E-state index < -0.39 is 26.8 Å². The molecular formula is C14H29NO7Si. The van der Waals surface area contributed by atoms with Crippen molar-refractivity contribution in [3.05, 3.63) is 0 Å². The normalized spacial score (nSPS) is 14.3. The summed E-state index contributed by atoms with van der Waals surface area (Å²) in [5.41, 5.74) is 0. The Balaban J connectivity index is 4.45. The number of hydrogen-bond donors (Lipinski definition) is 2. The maximum absolute atomic E-state index is 12.0. The van der Waals surface area contributed by atoms with Crippen LogP contribution >= 0.6 is 0 Å². The third kappa shape index (κ3) is 8.42. The van der Waals surface area contributed by atoms with Gasteiger partial charge in [-0.2, -0.15) is 0 Å². The summed E-state index contributed by atoms with van der Waals surface area (Å²) < 4.78 is 21.1. The van der Waals surface area contributed by atoms with Gasteiger partial charge in [-0.05, 0) is 26.3 Å². The molecule has 0 bridgehead atoms. The second-order valence-electron chi connectivity index (χ2n) is 5.16. The van der Waals surface area contributed by atoms with Crippen molar-refractivity contribution in [2.75, 3.05) is 27.9 Å². The van der Waals surface area contributed by atoms with Crippen LogP contribution in [-0.4, -0.2) is 65.9 Å². The molecule has 23 heavy (non-hydrogen) atoms. The van der Waals surface area contributed by atoms with E-state index in [2.05, 4.69) is 5.32 Å². The first-order valence-electron chi connectivity index (χ1n) is 7.65. The zero-order chi connectivity index (χ0) is 17.9. The lowest BCUT2D eigenvalue weighted by Crippen LogP contribution is -2.45. The van der Waals surface area contributed by atoms with Crippen molar-refractivity contribution in [2.24, 2.45) is 0 Å². The van der Waals surface area contributed by atoms with Crippen LogP contribution in [0.3, 0.4) is 0 Å². The molecule has 2 unspecified atom stereocenters. The van der Waals surface area contributed by atoms with Gasteiger partial charge in [-0.25, -0.2) is 0 Å². The van der Waals surface area contributed by atoms with Crippen LogP contribution in [0, 0.1) is 0 Å². The van der Waals surface area contributed by atoms with E-state index in [0.29, 0.717) is 25.4 Å². The highest BCUT2D eigenvalue weighted by Gasteiger charge is 2.37. The molecule has 0 aliphatic carbocycles. The van der Waals surface area contributed by atoms with Crippen LogP contribution in [0.5, 0.6) is 0 Å². The van der Waals surface area contributed by atoms with Gasteiger partial charge in [0, 0.05) is 27.4 Å². The van der Waals surface area contributed by atoms with Crippen LogP contribution in [0.2, 0.25) is 6.04 Å². The fourth-order valence-electron chi connectivity index (χ4n) is 1.91. The minimum Gasteiger partial charge on any atom is -0.481 e. The van der Waals surface area contributed by atoms with Gasteiger partial charge in [-0.1, -0.05) is 6.92 Å². The second-order valence-corrected chi connectivity index (χ2v) is 8.25. The summed E-state index contributed by atoms with van der Waals surface area (Å²) in [5, 5.41) is 11.8. The summed E-state index contributed by atoms with van der Waals surface area (Å²) in [5.74, 6) is -1.60. The summed E-state index contributed by atoms with van der Waals surface area (Å²) in [6.07, 6.45) is 0.733. The van der Waals surface area contributed by atoms with Crippen LogP contribution in [0.1, 0.15) is 33.1 Å². The number of ether oxygens (including phenoxy) is 1. The molecule has 0 radical (unpaired) electrons. The van der Waals surface area contributed by atoms with Crippen LogP contribution < -0.4 is 5.32 Å². The minimum absolute atomic E-state index is 0.240. The fourth-order valence-corrected chi connectivity index (χ4v) is 3.64. The molecule has 2 N–H and O–H groups in total. The first-order valence-corrected chi connectivity index (χ1v) is 9.58. The van der Waals surface area contributed by atoms with Crippen molar-refractivity contribution in [1.29, 1.82) is 0 Å². The van der Waals surface area contributed by atoms with Gasteiger partial charge in [0.25, 0.3) is 0 Å². The summed E-state index contributed by atoms with van der Waals surface area (Å²) >= 11 is 0. The molecule has 136 valence electrons. The highest BCUT2D eigenvalue weighted by atomic mass is 28.4. The Labute approximate surface area is 138 Å². The molecule has 0 aromatic heterocycles. The number of carbonyl (C=O) groups excluding carboxylic acids is 1. The van der Waals surface area contributed by atoms with Crippen molar-refractivity contribution in [2.45, 2.75) is 51.3 Å². The number of carboxylic acid groups (broad SMARTS) is 1. The highest BCUT2D eigenvalue weighted by molar-refractivity contribution is 6.60. The minimum atomic E-state index is -2.65. The van der Waals surface area contributed by atoms with Crippen molar-refractivity contribution >= 4 is 20.7 Å². The third-order valence-electron chi connectivity index (χ3n) is 3.54. The zero-order valence-electron chi connectivity index (χ0n) is 14.6. The van der Waals surface area contributed by atoms with Gasteiger partial charge in [-0.3, -0.25) is 9.59 Å². The number of aliphatic carboxylic acids is 1. The van der Waals surface area contributed by atoms with E-state index in [1.165, 1.54) is 21.3 Å². The van der Waals surface area contributed by atoms with Gasteiger partial charge in [-0.15, -0.1) is 0 Å². The third-order valence-corrected chi connectivity index (χ3v) is 6.37. The molecule has 0 aromatic carbocycles. The van der Waals surface area contributed by atoms with E-state index in [-0.39, 0.29) is 12.5 Å². The van der Waals surface area contributed by atoms with Crippen LogP contribution in [0.15, 0.2) is 0 Å². The molecular weight excluding hydrogens is 322 g/mol. The molecule has 0 spiro atoms. The van der Waals surface area contributed by atoms with E-state index in [9.17, 15) is 9.59 Å². The highest BCUT2D eigenvalue weighted by Crippen LogP contribution is 2.14. The van der Waals surface area contributed by atoms with Crippen molar-refractivity contribution in [3.8, 4) is 0 Å². The first kappa shape index (κ1) is 22.0. The van der Waals surface area contributed by atoms with Crippen LogP contribution in [-0.2, 0) is 27.6 Å². The molecule has 0 rings (SSSR count). The molecule has 0 fully saturated rings. The summed E-state index contributed by atoms with van der Waals surface area (Å²) in [6.45, 7) is 4.09. The maximum atomic E-state index is 12.0. The largest absolute Gasteiger partial charge is 0.500 e. The molecule has 2 atom stereocenters. The average molecular weight is 351 g/mol. The van der Waals surface area contributed by atoms with Crippen molar-refractivity contribution in [3.63, 3.8) is 0 Å². The van der Waals surface area contributed by atoms with E-state index in [1.807, 2.05) is 6.92 Å². The monoisotopic (exact) mass is 351 g/mol. The van der Waals surface area contributed by atoms with Gasteiger partial charge < -0.3 is 28.4 Å². The predicted molar refractivity (Wildman–Crippen MR) is 86.1 cm³/mol. The summed E-state index contributed by atoms with van der Waals surface area (Å²) in [7, 11) is 1.94. The molecule has 8 nitrogen and oxygen atoms in total. The number of nitrogens with one attached hydrogen (secondary N) is 1. The molecule has 0 saturated heterocycles. The molecule has 0 heterocycles. The Morgan fingerprint density at radius 1 is 1.17 bits per heavy atom. The number of carbonyl (C=O) groups is 2. The summed E-state index contributed by atoms with van der Waals surface area (Å²) in [6, 6.07) is -0.311. The van der Waals surface area contributed by atoms with Crippen LogP contribution in [0.25, 0.3) is 0 Å². The SMILES string of the molecule is CCC(C)OC(=O)C(CC(=O)O)NCCC[Si](OC)(OC)OC. The first-order chi connectivity index (χ1) is 10.8. The smallest absolute Gasteiger partial charge is 0.481 e.